The Morgan fingerprint density at radius 1 is 1.50 bits per heavy atom. The minimum atomic E-state index is -4.86. The second kappa shape index (κ2) is 7.81. The fourth-order valence-corrected chi connectivity index (χ4v) is 0.578. The molecule has 0 amide bonds. The normalized spacial score (nSPS) is 11.2. The Morgan fingerprint density at radius 3 is 2.50 bits per heavy atom. The SMILES string of the molecule is CCOC/C=C/OP(=O)([O-])[O-].[Al+3]. The fourth-order valence-electron chi connectivity index (χ4n) is 0.343. The van der Waals surface area contributed by atoms with Crippen molar-refractivity contribution in [1.29, 1.82) is 0 Å². The van der Waals surface area contributed by atoms with E-state index in [0.717, 1.165) is 6.26 Å². The zero-order valence-electron chi connectivity index (χ0n) is 6.63. The van der Waals surface area contributed by atoms with Crippen LogP contribution in [-0.4, -0.2) is 30.6 Å². The molecule has 0 aromatic carbocycles. The summed E-state index contributed by atoms with van der Waals surface area (Å²) in [5.41, 5.74) is 0. The number of hydrogen-bond acceptors (Lipinski definition) is 5. The van der Waals surface area contributed by atoms with Gasteiger partial charge in [0.25, 0.3) is 0 Å². The third-order valence-electron chi connectivity index (χ3n) is 0.704. The van der Waals surface area contributed by atoms with Gasteiger partial charge in [-0.2, -0.15) is 0 Å². The summed E-state index contributed by atoms with van der Waals surface area (Å²) in [4.78, 5) is 19.6. The van der Waals surface area contributed by atoms with E-state index in [2.05, 4.69) is 4.52 Å². The molecule has 5 nitrogen and oxygen atoms in total. The van der Waals surface area contributed by atoms with Crippen LogP contribution >= 0.6 is 7.82 Å². The monoisotopic (exact) mass is 207 g/mol. The molecule has 0 fully saturated rings. The van der Waals surface area contributed by atoms with Gasteiger partial charge in [-0.25, -0.2) is 0 Å². The minimum absolute atomic E-state index is 0. The first-order chi connectivity index (χ1) is 5.06. The van der Waals surface area contributed by atoms with Crippen LogP contribution in [0.25, 0.3) is 0 Å². The van der Waals surface area contributed by atoms with E-state index in [1.54, 1.807) is 6.92 Å². The summed E-state index contributed by atoms with van der Waals surface area (Å²) in [6.07, 6.45) is 2.10. The maximum absolute atomic E-state index is 9.82. The van der Waals surface area contributed by atoms with Gasteiger partial charge in [-0.15, -0.1) is 0 Å². The van der Waals surface area contributed by atoms with Crippen molar-refractivity contribution in [2.75, 3.05) is 13.2 Å². The topological polar surface area (TPSA) is 81.7 Å². The third kappa shape index (κ3) is 12.8. The summed E-state index contributed by atoms with van der Waals surface area (Å²) in [5, 5.41) is 0. The van der Waals surface area contributed by atoms with Crippen molar-refractivity contribution in [2.24, 2.45) is 0 Å². The summed E-state index contributed by atoms with van der Waals surface area (Å²) in [6.45, 7) is 2.55. The number of phosphoric ester groups is 1. The number of hydrogen-bond donors (Lipinski definition) is 0. The summed E-state index contributed by atoms with van der Waals surface area (Å²) in [5.74, 6) is 0. The maximum atomic E-state index is 9.82. The van der Waals surface area contributed by atoms with E-state index in [9.17, 15) is 14.4 Å². The predicted molar refractivity (Wildman–Crippen MR) is 40.1 cm³/mol. The van der Waals surface area contributed by atoms with E-state index in [-0.39, 0.29) is 24.0 Å². The molecule has 0 bridgehead atoms. The Bertz CT molecular complexity index is 165. The molecule has 0 atom stereocenters. The Balaban J connectivity index is 0. The molecule has 0 aliphatic rings. The smallest absolute Gasteiger partial charge is 0.780 e. The minimum Gasteiger partial charge on any atom is -0.780 e. The van der Waals surface area contributed by atoms with Gasteiger partial charge < -0.3 is 23.6 Å². The summed E-state index contributed by atoms with van der Waals surface area (Å²) in [7, 11) is -4.86. The van der Waals surface area contributed by atoms with Gasteiger partial charge in [-0.05, 0) is 13.0 Å². The van der Waals surface area contributed by atoms with E-state index in [1.807, 2.05) is 0 Å². The van der Waals surface area contributed by atoms with Crippen LogP contribution in [0.2, 0.25) is 0 Å². The Kier molecular flexibility index (Phi) is 9.57. The summed E-state index contributed by atoms with van der Waals surface area (Å²) in [6, 6.07) is 0. The molecule has 0 saturated heterocycles. The van der Waals surface area contributed by atoms with Crippen LogP contribution in [0.15, 0.2) is 12.3 Å². The number of ether oxygens (including phenoxy) is 1. The van der Waals surface area contributed by atoms with Gasteiger partial charge in [0.15, 0.2) is 0 Å². The van der Waals surface area contributed by atoms with Crippen LogP contribution < -0.4 is 9.79 Å². The van der Waals surface area contributed by atoms with Crippen LogP contribution in [0.3, 0.4) is 0 Å². The van der Waals surface area contributed by atoms with Gasteiger partial charge in [0, 0.05) is 6.61 Å². The number of phosphoric acid groups is 1. The maximum Gasteiger partial charge on any atom is 3.00 e. The molecular formula is C5H9AlO5P+. The first-order valence-corrected chi connectivity index (χ1v) is 4.45. The molecule has 0 heterocycles. The second-order valence-electron chi connectivity index (χ2n) is 1.58. The molecule has 0 aliphatic carbocycles. The third-order valence-corrected chi connectivity index (χ3v) is 1.08. The van der Waals surface area contributed by atoms with E-state index >= 15 is 0 Å². The van der Waals surface area contributed by atoms with Crippen molar-refractivity contribution in [3.05, 3.63) is 12.3 Å². The average Bonchev–Trinajstić information content (AvgIpc) is 1.85. The summed E-state index contributed by atoms with van der Waals surface area (Å²) < 4.78 is 18.4. The zero-order valence-corrected chi connectivity index (χ0v) is 8.68. The number of rotatable bonds is 5. The Morgan fingerprint density at radius 2 is 2.08 bits per heavy atom. The largest absolute Gasteiger partial charge is 3.00 e. The van der Waals surface area contributed by atoms with E-state index in [1.165, 1.54) is 6.08 Å². The second-order valence-corrected chi connectivity index (χ2v) is 2.69. The molecule has 0 N–H and O–H groups in total. The summed E-state index contributed by atoms with van der Waals surface area (Å²) >= 11 is 0. The average molecular weight is 207 g/mol. The van der Waals surface area contributed by atoms with Crippen LogP contribution in [0.5, 0.6) is 0 Å². The first-order valence-electron chi connectivity index (χ1n) is 2.99. The van der Waals surface area contributed by atoms with Gasteiger partial charge in [0.1, 0.15) is 7.82 Å². The van der Waals surface area contributed by atoms with Gasteiger partial charge in [-0.3, -0.25) is 0 Å². The van der Waals surface area contributed by atoms with E-state index < -0.39 is 7.82 Å². The van der Waals surface area contributed by atoms with Crippen LogP contribution in [0, 0.1) is 0 Å². The molecular weight excluding hydrogens is 198 g/mol. The van der Waals surface area contributed by atoms with Crippen molar-refractivity contribution in [3.8, 4) is 0 Å². The molecule has 12 heavy (non-hydrogen) atoms. The molecule has 0 unspecified atom stereocenters. The predicted octanol–water partition coefficient (Wildman–Crippen LogP) is -0.999. The van der Waals surface area contributed by atoms with Gasteiger partial charge >= 0.3 is 17.4 Å². The molecule has 66 valence electrons. The molecule has 0 saturated carbocycles. The van der Waals surface area contributed by atoms with Crippen molar-refractivity contribution < 1.29 is 23.6 Å². The Hall–Kier alpha value is 0.182. The molecule has 0 aliphatic heterocycles. The van der Waals surface area contributed by atoms with Gasteiger partial charge in [-0.1, -0.05) is 0 Å². The van der Waals surface area contributed by atoms with Gasteiger partial charge in [0.05, 0.1) is 12.9 Å². The van der Waals surface area contributed by atoms with Crippen LogP contribution in [0.4, 0.5) is 0 Å². The van der Waals surface area contributed by atoms with Crippen molar-refractivity contribution in [3.63, 3.8) is 0 Å². The van der Waals surface area contributed by atoms with Crippen molar-refractivity contribution in [2.45, 2.75) is 6.92 Å². The van der Waals surface area contributed by atoms with Crippen molar-refractivity contribution >= 4 is 25.2 Å². The first kappa shape index (κ1) is 14.7. The van der Waals surface area contributed by atoms with E-state index in [4.69, 9.17) is 4.74 Å². The quantitative estimate of drug-likeness (QED) is 0.250. The fraction of sp³-hybridized carbons (Fsp3) is 0.600. The van der Waals surface area contributed by atoms with Crippen LogP contribution in [0.1, 0.15) is 6.92 Å². The van der Waals surface area contributed by atoms with Gasteiger partial charge in [0.2, 0.25) is 0 Å². The Labute approximate surface area is 81.7 Å². The molecule has 7 heteroatoms. The van der Waals surface area contributed by atoms with E-state index in [0.29, 0.717) is 6.61 Å². The standard InChI is InChI=1S/C5H11O5P.Al/c1-2-9-4-3-5-10-11(6,7)8;/h3,5H,2,4H2,1H3,(H2,6,7,8);/q;+3/p-2/b5-3+;. The molecule has 0 spiro atoms. The molecule has 0 rings (SSSR count). The van der Waals surface area contributed by atoms with Crippen molar-refractivity contribution in [1.82, 2.24) is 0 Å². The van der Waals surface area contributed by atoms with Crippen LogP contribution in [-0.2, 0) is 13.8 Å². The molecule has 0 aromatic rings. The molecule has 0 aromatic heterocycles. The molecule has 0 radical (unpaired) electrons. The zero-order chi connectivity index (χ0) is 8.74.